The van der Waals surface area contributed by atoms with Crippen molar-refractivity contribution >= 4 is 18.1 Å². The molecule has 0 spiro atoms. The molecule has 2 N–H and O–H groups in total. The average molecular weight is 239 g/mol. The van der Waals surface area contributed by atoms with Gasteiger partial charge in [0.15, 0.2) is 0 Å². The zero-order valence-corrected chi connectivity index (χ0v) is 8.34. The molecule has 0 saturated carbocycles. The average Bonchev–Trinajstić information content (AvgIpc) is 2.17. The molecule has 0 amide bonds. The fraction of sp³-hybridized carbons (Fsp3) is 0.250. The SMILES string of the molecule is Cl.N[C@@H](CF)c1ccc(F)c([N+](=O)[O-])c1. The van der Waals surface area contributed by atoms with Crippen LogP contribution in [0.4, 0.5) is 14.5 Å². The highest BCUT2D eigenvalue weighted by atomic mass is 35.5. The van der Waals surface area contributed by atoms with Crippen LogP contribution in [0.3, 0.4) is 0 Å². The summed E-state index contributed by atoms with van der Waals surface area (Å²) in [6.07, 6.45) is 0. The number of nitrogens with two attached hydrogens (primary N) is 1. The van der Waals surface area contributed by atoms with Crippen molar-refractivity contribution in [2.24, 2.45) is 5.73 Å². The quantitative estimate of drug-likeness (QED) is 0.648. The van der Waals surface area contributed by atoms with Gasteiger partial charge in [0.05, 0.1) is 11.0 Å². The highest BCUT2D eigenvalue weighted by Crippen LogP contribution is 2.21. The zero-order valence-electron chi connectivity index (χ0n) is 7.52. The van der Waals surface area contributed by atoms with Gasteiger partial charge in [0, 0.05) is 6.07 Å². The van der Waals surface area contributed by atoms with E-state index < -0.39 is 29.1 Å². The summed E-state index contributed by atoms with van der Waals surface area (Å²) in [4.78, 5) is 9.44. The van der Waals surface area contributed by atoms with Gasteiger partial charge in [0.2, 0.25) is 5.82 Å². The molecule has 0 aliphatic heterocycles. The second kappa shape index (κ2) is 5.57. The Hall–Kier alpha value is -1.27. The van der Waals surface area contributed by atoms with Crippen LogP contribution in [0.1, 0.15) is 11.6 Å². The largest absolute Gasteiger partial charge is 0.322 e. The molecule has 0 aromatic heterocycles. The van der Waals surface area contributed by atoms with Gasteiger partial charge in [-0.1, -0.05) is 6.07 Å². The fourth-order valence-corrected chi connectivity index (χ4v) is 0.989. The minimum Gasteiger partial charge on any atom is -0.322 e. The lowest BCUT2D eigenvalue weighted by Crippen LogP contribution is -2.12. The predicted molar refractivity (Wildman–Crippen MR) is 53.2 cm³/mol. The fourth-order valence-electron chi connectivity index (χ4n) is 0.989. The van der Waals surface area contributed by atoms with Crippen LogP contribution in [0.5, 0.6) is 0 Å². The molecule has 1 atom stereocenters. The maximum atomic E-state index is 12.8. The summed E-state index contributed by atoms with van der Waals surface area (Å²) in [5.41, 5.74) is 4.81. The Morgan fingerprint density at radius 1 is 1.53 bits per heavy atom. The minimum absolute atomic E-state index is 0. The lowest BCUT2D eigenvalue weighted by molar-refractivity contribution is -0.387. The monoisotopic (exact) mass is 238 g/mol. The Morgan fingerprint density at radius 3 is 2.60 bits per heavy atom. The third-order valence-electron chi connectivity index (χ3n) is 1.76. The number of benzene rings is 1. The van der Waals surface area contributed by atoms with Gasteiger partial charge in [-0.25, -0.2) is 4.39 Å². The van der Waals surface area contributed by atoms with E-state index in [-0.39, 0.29) is 18.0 Å². The van der Waals surface area contributed by atoms with Crippen molar-refractivity contribution in [2.45, 2.75) is 6.04 Å². The minimum atomic E-state index is -0.954. The molecule has 0 unspecified atom stereocenters. The first-order valence-electron chi connectivity index (χ1n) is 3.81. The van der Waals surface area contributed by atoms with E-state index in [9.17, 15) is 18.9 Å². The number of nitro groups is 1. The topological polar surface area (TPSA) is 69.2 Å². The zero-order chi connectivity index (χ0) is 10.7. The molecule has 4 nitrogen and oxygen atoms in total. The van der Waals surface area contributed by atoms with E-state index in [2.05, 4.69) is 0 Å². The molecule has 0 bridgehead atoms. The summed E-state index contributed by atoms with van der Waals surface area (Å²) in [7, 11) is 0. The molecular formula is C8H9ClF2N2O2. The van der Waals surface area contributed by atoms with Gasteiger partial charge in [-0.15, -0.1) is 12.4 Å². The van der Waals surface area contributed by atoms with Crippen LogP contribution in [0.25, 0.3) is 0 Å². The number of rotatable bonds is 3. The maximum Gasteiger partial charge on any atom is 0.305 e. The molecule has 1 aromatic rings. The van der Waals surface area contributed by atoms with Crippen molar-refractivity contribution in [1.29, 1.82) is 0 Å². The lowest BCUT2D eigenvalue weighted by atomic mass is 10.1. The molecule has 0 aliphatic carbocycles. The molecule has 0 fully saturated rings. The predicted octanol–water partition coefficient (Wildman–Crippen LogP) is 2.12. The van der Waals surface area contributed by atoms with Gasteiger partial charge in [-0.05, 0) is 11.6 Å². The Labute approximate surface area is 90.6 Å². The van der Waals surface area contributed by atoms with E-state index in [0.717, 1.165) is 12.1 Å². The number of hydrogen-bond acceptors (Lipinski definition) is 3. The molecule has 0 aliphatic rings. The summed E-state index contributed by atoms with van der Waals surface area (Å²) < 4.78 is 24.9. The molecule has 1 rings (SSSR count). The van der Waals surface area contributed by atoms with E-state index in [1.165, 1.54) is 6.07 Å². The summed E-state index contributed by atoms with van der Waals surface area (Å²) in [5, 5.41) is 10.3. The van der Waals surface area contributed by atoms with Gasteiger partial charge in [-0.3, -0.25) is 10.1 Å². The summed E-state index contributed by atoms with van der Waals surface area (Å²) in [6, 6.07) is 2.13. The van der Waals surface area contributed by atoms with E-state index in [1.54, 1.807) is 0 Å². The van der Waals surface area contributed by atoms with Crippen molar-refractivity contribution in [1.82, 2.24) is 0 Å². The molecule has 0 saturated heterocycles. The molecular weight excluding hydrogens is 230 g/mol. The molecule has 7 heteroatoms. The number of alkyl halides is 1. The van der Waals surface area contributed by atoms with Crippen LogP contribution in [0.2, 0.25) is 0 Å². The highest BCUT2D eigenvalue weighted by Gasteiger charge is 2.16. The smallest absolute Gasteiger partial charge is 0.305 e. The van der Waals surface area contributed by atoms with Crippen LogP contribution in [0.15, 0.2) is 18.2 Å². The second-order valence-corrected chi connectivity index (χ2v) is 2.73. The lowest BCUT2D eigenvalue weighted by Gasteiger charge is -2.06. The van der Waals surface area contributed by atoms with Gasteiger partial charge >= 0.3 is 5.69 Å². The first-order valence-corrected chi connectivity index (χ1v) is 3.81. The van der Waals surface area contributed by atoms with Gasteiger partial charge in [-0.2, -0.15) is 4.39 Å². The van der Waals surface area contributed by atoms with Crippen LogP contribution in [0, 0.1) is 15.9 Å². The van der Waals surface area contributed by atoms with Crippen molar-refractivity contribution in [3.63, 3.8) is 0 Å². The third-order valence-corrected chi connectivity index (χ3v) is 1.76. The Kier molecular flexibility index (Phi) is 5.10. The van der Waals surface area contributed by atoms with E-state index >= 15 is 0 Å². The summed E-state index contributed by atoms with van der Waals surface area (Å²) >= 11 is 0. The van der Waals surface area contributed by atoms with Crippen molar-refractivity contribution in [3.8, 4) is 0 Å². The first-order chi connectivity index (χ1) is 6.56. The Bertz CT molecular complexity index is 362. The highest BCUT2D eigenvalue weighted by molar-refractivity contribution is 5.85. The molecule has 84 valence electrons. The summed E-state index contributed by atoms with van der Waals surface area (Å²) in [6.45, 7) is -0.844. The number of halogens is 3. The van der Waals surface area contributed by atoms with Crippen LogP contribution in [-0.2, 0) is 0 Å². The number of nitro benzene ring substituents is 1. The van der Waals surface area contributed by atoms with Crippen molar-refractivity contribution in [3.05, 3.63) is 39.7 Å². The normalized spacial score (nSPS) is 11.7. The van der Waals surface area contributed by atoms with E-state index in [4.69, 9.17) is 5.73 Å². The van der Waals surface area contributed by atoms with Gasteiger partial charge in [0.1, 0.15) is 6.67 Å². The van der Waals surface area contributed by atoms with Crippen LogP contribution < -0.4 is 5.73 Å². The van der Waals surface area contributed by atoms with E-state index in [1.807, 2.05) is 0 Å². The van der Waals surface area contributed by atoms with Crippen LogP contribution >= 0.6 is 12.4 Å². The maximum absolute atomic E-state index is 12.8. The van der Waals surface area contributed by atoms with Crippen LogP contribution in [-0.4, -0.2) is 11.6 Å². The number of nitrogens with zero attached hydrogens (tertiary/aromatic N) is 1. The molecule has 15 heavy (non-hydrogen) atoms. The van der Waals surface area contributed by atoms with Crippen molar-refractivity contribution < 1.29 is 13.7 Å². The standard InChI is InChI=1S/C8H8F2N2O2.ClH/c9-4-7(11)5-1-2-6(10)8(3-5)12(13)14;/h1-3,7H,4,11H2;1H/t7-;/m0./s1. The van der Waals surface area contributed by atoms with Crippen molar-refractivity contribution in [2.75, 3.05) is 6.67 Å². The Morgan fingerprint density at radius 2 is 2.13 bits per heavy atom. The first kappa shape index (κ1) is 13.7. The summed E-state index contributed by atoms with van der Waals surface area (Å²) in [5.74, 6) is -0.954. The number of hydrogen-bond donors (Lipinski definition) is 1. The molecule has 0 radical (unpaired) electrons. The molecule has 1 aromatic carbocycles. The van der Waals surface area contributed by atoms with Gasteiger partial charge < -0.3 is 5.73 Å². The second-order valence-electron chi connectivity index (χ2n) is 2.73. The van der Waals surface area contributed by atoms with Gasteiger partial charge in [0.25, 0.3) is 0 Å². The third kappa shape index (κ3) is 3.10. The van der Waals surface area contributed by atoms with E-state index in [0.29, 0.717) is 0 Å². The Balaban J connectivity index is 0.00000196. The molecule has 0 heterocycles.